The Kier molecular flexibility index (Phi) is 4.29. The van der Waals surface area contributed by atoms with Gasteiger partial charge in [0, 0.05) is 33.2 Å². The summed E-state index contributed by atoms with van der Waals surface area (Å²) in [5.74, 6) is 1.66. The van der Waals surface area contributed by atoms with Crippen molar-refractivity contribution in [3.05, 3.63) is 12.5 Å². The van der Waals surface area contributed by atoms with Crippen LogP contribution in [0.1, 0.15) is 19.8 Å². The van der Waals surface area contributed by atoms with Gasteiger partial charge in [-0.15, -0.1) is 0 Å². The van der Waals surface area contributed by atoms with Crippen molar-refractivity contribution in [1.82, 2.24) is 24.6 Å². The second-order valence-electron chi connectivity index (χ2n) is 6.93. The van der Waals surface area contributed by atoms with Crippen LogP contribution in [0.2, 0.25) is 0 Å². The van der Waals surface area contributed by atoms with E-state index in [1.807, 2.05) is 18.9 Å². The molecule has 8 heteroatoms. The summed E-state index contributed by atoms with van der Waals surface area (Å²) in [5.41, 5.74) is 0.825. The first-order valence-corrected chi connectivity index (χ1v) is 8.91. The summed E-state index contributed by atoms with van der Waals surface area (Å²) in [7, 11) is 1.87. The maximum absolute atomic E-state index is 12.5. The molecule has 0 N–H and O–H groups in total. The van der Waals surface area contributed by atoms with E-state index in [-0.39, 0.29) is 12.0 Å². The van der Waals surface area contributed by atoms with Crippen molar-refractivity contribution >= 4 is 22.8 Å². The van der Waals surface area contributed by atoms with E-state index in [9.17, 15) is 4.79 Å². The molecular weight excluding hydrogens is 320 g/mol. The monoisotopic (exact) mass is 344 g/mol. The summed E-state index contributed by atoms with van der Waals surface area (Å²) in [4.78, 5) is 25.4. The van der Waals surface area contributed by atoms with Gasteiger partial charge in [0.2, 0.25) is 0 Å². The van der Waals surface area contributed by atoms with Gasteiger partial charge >= 0.3 is 0 Å². The molecule has 8 nitrogen and oxygen atoms in total. The highest BCUT2D eigenvalue weighted by molar-refractivity contribution is 5.87. The molecular formula is C17H24N6O2. The Morgan fingerprint density at radius 3 is 2.76 bits per heavy atom. The van der Waals surface area contributed by atoms with Gasteiger partial charge in [0.15, 0.2) is 5.65 Å². The maximum Gasteiger partial charge on any atom is 0.251 e. The highest BCUT2D eigenvalue weighted by atomic mass is 16.5. The van der Waals surface area contributed by atoms with Crippen LogP contribution in [-0.2, 0) is 16.6 Å². The van der Waals surface area contributed by atoms with E-state index >= 15 is 0 Å². The van der Waals surface area contributed by atoms with Crippen LogP contribution in [0.25, 0.3) is 11.0 Å². The summed E-state index contributed by atoms with van der Waals surface area (Å²) in [6.45, 7) is 5.45. The highest BCUT2D eigenvalue weighted by Crippen LogP contribution is 2.29. The predicted molar refractivity (Wildman–Crippen MR) is 93.2 cm³/mol. The molecule has 1 amide bonds. The first kappa shape index (κ1) is 16.3. The van der Waals surface area contributed by atoms with Gasteiger partial charge in [0.05, 0.1) is 18.2 Å². The van der Waals surface area contributed by atoms with Crippen molar-refractivity contribution in [2.45, 2.75) is 25.9 Å². The molecule has 134 valence electrons. The van der Waals surface area contributed by atoms with E-state index in [0.717, 1.165) is 29.9 Å². The van der Waals surface area contributed by atoms with Gasteiger partial charge in [-0.1, -0.05) is 0 Å². The number of rotatable bonds is 5. The molecule has 0 aromatic carbocycles. The Morgan fingerprint density at radius 1 is 1.28 bits per heavy atom. The van der Waals surface area contributed by atoms with Gasteiger partial charge in [-0.3, -0.25) is 9.48 Å². The zero-order chi connectivity index (χ0) is 17.4. The van der Waals surface area contributed by atoms with Crippen molar-refractivity contribution in [3.8, 4) is 0 Å². The fraction of sp³-hybridized carbons (Fsp3) is 0.647. The van der Waals surface area contributed by atoms with Gasteiger partial charge in [0.1, 0.15) is 18.2 Å². The van der Waals surface area contributed by atoms with E-state index < -0.39 is 0 Å². The number of nitrogens with zero attached hydrogens (tertiary/aromatic N) is 6. The van der Waals surface area contributed by atoms with Crippen molar-refractivity contribution < 1.29 is 9.53 Å². The average Bonchev–Trinajstić information content (AvgIpc) is 3.41. The zero-order valence-corrected chi connectivity index (χ0v) is 14.8. The molecule has 4 rings (SSSR count). The van der Waals surface area contributed by atoms with Crippen LogP contribution in [-0.4, -0.2) is 69.4 Å². The summed E-state index contributed by atoms with van der Waals surface area (Å²) in [6, 6.07) is 0. The van der Waals surface area contributed by atoms with E-state index in [0.29, 0.717) is 25.6 Å². The van der Waals surface area contributed by atoms with E-state index in [4.69, 9.17) is 4.74 Å². The SMILES string of the molecule is C[C@H](OCC1CC1)C(=O)N1CCN(c2ncnc3c2cnn3C)CC1. The number of piperazine rings is 1. The Bertz CT molecular complexity index is 764. The van der Waals surface area contributed by atoms with Crippen LogP contribution < -0.4 is 4.90 Å². The summed E-state index contributed by atoms with van der Waals surface area (Å²) in [6.07, 6.45) is 5.50. The van der Waals surface area contributed by atoms with Crippen LogP contribution in [0.3, 0.4) is 0 Å². The number of fused-ring (bicyclic) bond motifs is 1. The first-order valence-electron chi connectivity index (χ1n) is 8.91. The quantitative estimate of drug-likeness (QED) is 0.800. The predicted octanol–water partition coefficient (Wildman–Crippen LogP) is 0.827. The third kappa shape index (κ3) is 3.30. The lowest BCUT2D eigenvalue weighted by atomic mass is 10.2. The summed E-state index contributed by atoms with van der Waals surface area (Å²) >= 11 is 0. The molecule has 0 bridgehead atoms. The molecule has 0 radical (unpaired) electrons. The third-order valence-corrected chi connectivity index (χ3v) is 5.03. The van der Waals surface area contributed by atoms with Crippen LogP contribution >= 0.6 is 0 Å². The second-order valence-corrected chi connectivity index (χ2v) is 6.93. The molecule has 1 saturated heterocycles. The van der Waals surface area contributed by atoms with Crippen molar-refractivity contribution in [3.63, 3.8) is 0 Å². The minimum absolute atomic E-state index is 0.0921. The molecule has 1 saturated carbocycles. The Labute approximate surface area is 146 Å². The minimum atomic E-state index is -0.351. The molecule has 0 unspecified atom stereocenters. The van der Waals surface area contributed by atoms with Crippen LogP contribution in [0.15, 0.2) is 12.5 Å². The zero-order valence-electron chi connectivity index (χ0n) is 14.8. The molecule has 2 aromatic rings. The van der Waals surface area contributed by atoms with Gasteiger partial charge in [0.25, 0.3) is 5.91 Å². The number of amides is 1. The molecule has 3 heterocycles. The molecule has 25 heavy (non-hydrogen) atoms. The summed E-state index contributed by atoms with van der Waals surface area (Å²) < 4.78 is 7.47. The van der Waals surface area contributed by atoms with E-state index in [1.54, 1.807) is 17.2 Å². The lowest BCUT2D eigenvalue weighted by Crippen LogP contribution is -2.51. The second kappa shape index (κ2) is 6.59. The Morgan fingerprint density at radius 2 is 2.04 bits per heavy atom. The van der Waals surface area contributed by atoms with Gasteiger partial charge in [-0.25, -0.2) is 9.97 Å². The summed E-state index contributed by atoms with van der Waals surface area (Å²) in [5, 5.41) is 5.21. The van der Waals surface area contributed by atoms with E-state index in [1.165, 1.54) is 12.8 Å². The molecule has 1 aliphatic heterocycles. The molecule has 1 atom stereocenters. The van der Waals surface area contributed by atoms with E-state index in [2.05, 4.69) is 20.0 Å². The third-order valence-electron chi connectivity index (χ3n) is 5.03. The normalized spacial score (nSPS) is 19.4. The fourth-order valence-corrected chi connectivity index (χ4v) is 3.23. The number of aromatic nitrogens is 4. The number of hydrogen-bond acceptors (Lipinski definition) is 6. The first-order chi connectivity index (χ1) is 12.1. The van der Waals surface area contributed by atoms with Gasteiger partial charge < -0.3 is 14.5 Å². The van der Waals surface area contributed by atoms with Crippen molar-refractivity contribution in [2.75, 3.05) is 37.7 Å². The highest BCUT2D eigenvalue weighted by Gasteiger charge is 2.29. The van der Waals surface area contributed by atoms with Crippen molar-refractivity contribution in [2.24, 2.45) is 13.0 Å². The standard InChI is InChI=1S/C17H24N6O2/c1-12(25-10-13-3-4-13)17(24)23-7-5-22(6-8-23)16-14-9-20-21(2)15(14)18-11-19-16/h9,11-13H,3-8,10H2,1-2H3/t12-/m0/s1. The Balaban J connectivity index is 1.38. The fourth-order valence-electron chi connectivity index (χ4n) is 3.23. The van der Waals surface area contributed by atoms with Gasteiger partial charge in [-0.05, 0) is 25.7 Å². The van der Waals surface area contributed by atoms with Crippen LogP contribution in [0.5, 0.6) is 0 Å². The number of aryl methyl sites for hydroxylation is 1. The van der Waals surface area contributed by atoms with Crippen LogP contribution in [0.4, 0.5) is 5.82 Å². The van der Waals surface area contributed by atoms with Crippen LogP contribution in [0, 0.1) is 5.92 Å². The largest absolute Gasteiger partial charge is 0.368 e. The van der Waals surface area contributed by atoms with Crippen molar-refractivity contribution in [1.29, 1.82) is 0 Å². The molecule has 2 fully saturated rings. The topological polar surface area (TPSA) is 76.4 Å². The molecule has 0 spiro atoms. The molecule has 2 aliphatic rings. The number of hydrogen-bond donors (Lipinski definition) is 0. The minimum Gasteiger partial charge on any atom is -0.368 e. The maximum atomic E-state index is 12.5. The average molecular weight is 344 g/mol. The number of carbonyl (C=O) groups is 1. The number of carbonyl (C=O) groups excluding carboxylic acids is 1. The number of ether oxygens (including phenoxy) is 1. The Hall–Kier alpha value is -2.22. The van der Waals surface area contributed by atoms with Gasteiger partial charge in [-0.2, -0.15) is 5.10 Å². The smallest absolute Gasteiger partial charge is 0.251 e. The molecule has 1 aliphatic carbocycles. The molecule has 2 aromatic heterocycles. The number of anilines is 1. The lowest BCUT2D eigenvalue weighted by molar-refractivity contribution is -0.143. The lowest BCUT2D eigenvalue weighted by Gasteiger charge is -2.36.